The first kappa shape index (κ1) is 26.6. The van der Waals surface area contributed by atoms with Crippen molar-refractivity contribution in [2.45, 2.75) is 50.9 Å². The number of rotatable bonds is 7. The number of alkyl halides is 3. The van der Waals surface area contributed by atoms with E-state index in [-0.39, 0.29) is 29.5 Å². The van der Waals surface area contributed by atoms with Crippen molar-refractivity contribution < 1.29 is 31.4 Å². The molecule has 0 saturated heterocycles. The molecule has 1 saturated carbocycles. The lowest BCUT2D eigenvalue weighted by Gasteiger charge is -2.28. The van der Waals surface area contributed by atoms with Crippen LogP contribution in [0, 0.1) is 17.0 Å². The van der Waals surface area contributed by atoms with Crippen LogP contribution in [0.4, 0.5) is 33.5 Å². The summed E-state index contributed by atoms with van der Waals surface area (Å²) in [5, 5.41) is 8.01. The fourth-order valence-electron chi connectivity index (χ4n) is 4.51. The topological polar surface area (TPSA) is 87.5 Å². The minimum Gasteiger partial charge on any atom is -0.457 e. The summed E-state index contributed by atoms with van der Waals surface area (Å²) < 4.78 is 76.5. The average Bonchev–Trinajstić information content (AvgIpc) is 3.56. The molecule has 0 bridgehead atoms. The number of pyridine rings is 1. The molecule has 1 fully saturated rings. The first-order chi connectivity index (χ1) is 18.4. The summed E-state index contributed by atoms with van der Waals surface area (Å²) in [5.74, 6) is -0.559. The lowest BCUT2D eigenvalue weighted by molar-refractivity contribution is -0.142. The van der Waals surface area contributed by atoms with Crippen molar-refractivity contribution in [3.63, 3.8) is 0 Å². The van der Waals surface area contributed by atoms with E-state index in [9.17, 15) is 22.0 Å². The van der Waals surface area contributed by atoms with Crippen molar-refractivity contribution in [3.05, 3.63) is 65.7 Å². The van der Waals surface area contributed by atoms with E-state index in [1.165, 1.54) is 0 Å². The molecule has 2 aromatic heterocycles. The second-order valence-corrected chi connectivity index (χ2v) is 9.88. The van der Waals surface area contributed by atoms with Crippen LogP contribution in [0.2, 0.25) is 0 Å². The van der Waals surface area contributed by atoms with Crippen LogP contribution in [0.1, 0.15) is 38.1 Å². The van der Waals surface area contributed by atoms with E-state index >= 15 is 0 Å². The van der Waals surface area contributed by atoms with E-state index in [4.69, 9.17) is 14.9 Å². The molecule has 1 aromatic carbocycles. The largest absolute Gasteiger partial charge is 0.457 e. The van der Waals surface area contributed by atoms with Crippen LogP contribution in [0.25, 0.3) is 0 Å². The van der Waals surface area contributed by atoms with Crippen LogP contribution in [0.3, 0.4) is 0 Å². The number of hydrogen-bond donors (Lipinski definition) is 1. The predicted octanol–water partition coefficient (Wildman–Crippen LogP) is 5.85. The number of hydrogen-bond acceptors (Lipinski definition) is 7. The number of benzene rings is 1. The van der Waals surface area contributed by atoms with Crippen molar-refractivity contribution in [2.24, 2.45) is 0 Å². The highest BCUT2D eigenvalue weighted by atomic mass is 19.4. The van der Waals surface area contributed by atoms with Gasteiger partial charge in [-0.05, 0) is 32.8 Å². The third-order valence-corrected chi connectivity index (χ3v) is 6.62. The van der Waals surface area contributed by atoms with E-state index < -0.39 is 36.4 Å². The molecule has 1 N–H and O–H groups in total. The Morgan fingerprint density at radius 3 is 2.41 bits per heavy atom. The zero-order valence-electron chi connectivity index (χ0n) is 21.1. The maximum Gasteiger partial charge on any atom is 0.406 e. The molecular formula is C26H25F5N6O2. The summed E-state index contributed by atoms with van der Waals surface area (Å²) >= 11 is 0. The van der Waals surface area contributed by atoms with Gasteiger partial charge in [0, 0.05) is 54.0 Å². The molecule has 3 heterocycles. The molecular weight excluding hydrogens is 523 g/mol. The fourth-order valence-corrected chi connectivity index (χ4v) is 4.51. The number of anilines is 2. The molecule has 0 atom stereocenters. The Morgan fingerprint density at radius 2 is 1.82 bits per heavy atom. The van der Waals surface area contributed by atoms with Gasteiger partial charge in [-0.1, -0.05) is 0 Å². The molecule has 2 aliphatic rings. The Morgan fingerprint density at radius 1 is 1.10 bits per heavy atom. The highest BCUT2D eigenvalue weighted by Gasteiger charge is 2.53. The van der Waals surface area contributed by atoms with Crippen LogP contribution >= 0.6 is 0 Å². The SMILES string of the molecule is CC(C)N(CC(F)(F)F)C(=N)OCc1ncc2c(n1)N(c1ccc(Oc3cc(F)cc(F)c3)nc1)CC21CC1. The molecule has 0 radical (unpaired) electrons. The Balaban J connectivity index is 1.32. The lowest BCUT2D eigenvalue weighted by atomic mass is 10.0. The van der Waals surface area contributed by atoms with Crippen molar-refractivity contribution in [1.82, 2.24) is 19.9 Å². The first-order valence-electron chi connectivity index (χ1n) is 12.2. The summed E-state index contributed by atoms with van der Waals surface area (Å²) in [5.41, 5.74) is 1.57. The number of ether oxygens (including phenoxy) is 2. The number of halogens is 5. The fraction of sp³-hybridized carbons (Fsp3) is 0.385. The van der Waals surface area contributed by atoms with Gasteiger partial charge < -0.3 is 19.3 Å². The van der Waals surface area contributed by atoms with Gasteiger partial charge in [0.15, 0.2) is 12.4 Å². The third kappa shape index (κ3) is 5.86. The van der Waals surface area contributed by atoms with E-state index in [0.717, 1.165) is 41.5 Å². The Bertz CT molecular complexity index is 1360. The molecule has 8 nitrogen and oxygen atoms in total. The maximum atomic E-state index is 13.5. The molecule has 206 valence electrons. The van der Waals surface area contributed by atoms with Gasteiger partial charge in [-0.25, -0.2) is 23.7 Å². The van der Waals surface area contributed by atoms with E-state index in [1.807, 2.05) is 4.90 Å². The second kappa shape index (κ2) is 9.93. The van der Waals surface area contributed by atoms with Crippen LogP contribution in [0.15, 0.2) is 42.7 Å². The van der Waals surface area contributed by atoms with Gasteiger partial charge in [-0.3, -0.25) is 5.41 Å². The minimum atomic E-state index is -4.48. The minimum absolute atomic E-state index is 0.0228. The Hall–Kier alpha value is -4.03. The number of nitrogens with one attached hydrogen (secondary N) is 1. The summed E-state index contributed by atoms with van der Waals surface area (Å²) in [6, 6.07) is 4.96. The van der Waals surface area contributed by atoms with Gasteiger partial charge in [0.2, 0.25) is 5.88 Å². The van der Waals surface area contributed by atoms with Gasteiger partial charge in [0.25, 0.3) is 6.02 Å². The number of fused-ring (bicyclic) bond motifs is 2. The smallest absolute Gasteiger partial charge is 0.406 e. The van der Waals surface area contributed by atoms with E-state index in [2.05, 4.69) is 15.0 Å². The van der Waals surface area contributed by atoms with Crippen molar-refractivity contribution >= 4 is 17.5 Å². The zero-order chi connectivity index (χ0) is 27.9. The van der Waals surface area contributed by atoms with Gasteiger partial charge in [0.1, 0.15) is 29.7 Å². The van der Waals surface area contributed by atoms with Crippen LogP contribution in [-0.4, -0.2) is 51.2 Å². The molecule has 39 heavy (non-hydrogen) atoms. The Labute approximate surface area is 220 Å². The summed E-state index contributed by atoms with van der Waals surface area (Å²) in [4.78, 5) is 16.0. The summed E-state index contributed by atoms with van der Waals surface area (Å²) in [6.07, 6.45) is 0.700. The molecule has 13 heteroatoms. The third-order valence-electron chi connectivity index (χ3n) is 6.62. The molecule has 0 amide bonds. The van der Waals surface area contributed by atoms with Crippen molar-refractivity contribution in [1.29, 1.82) is 5.41 Å². The average molecular weight is 549 g/mol. The van der Waals surface area contributed by atoms with Crippen molar-refractivity contribution in [3.8, 4) is 11.6 Å². The number of aromatic nitrogens is 3. The van der Waals surface area contributed by atoms with E-state index in [1.54, 1.807) is 38.4 Å². The molecule has 3 aromatic rings. The van der Waals surface area contributed by atoms with Crippen LogP contribution in [-0.2, 0) is 16.8 Å². The quantitative estimate of drug-likeness (QED) is 0.225. The van der Waals surface area contributed by atoms with Gasteiger partial charge in [-0.2, -0.15) is 13.2 Å². The number of nitrogens with zero attached hydrogens (tertiary/aromatic N) is 5. The highest BCUT2D eigenvalue weighted by molar-refractivity contribution is 5.71. The zero-order valence-corrected chi connectivity index (χ0v) is 21.1. The monoisotopic (exact) mass is 548 g/mol. The lowest BCUT2D eigenvalue weighted by Crippen LogP contribution is -2.43. The normalized spacial score (nSPS) is 15.4. The first-order valence-corrected chi connectivity index (χ1v) is 12.2. The van der Waals surface area contributed by atoms with Crippen LogP contribution < -0.4 is 9.64 Å². The summed E-state index contributed by atoms with van der Waals surface area (Å²) in [6.45, 7) is 2.16. The van der Waals surface area contributed by atoms with Gasteiger partial charge >= 0.3 is 6.18 Å². The predicted molar refractivity (Wildman–Crippen MR) is 131 cm³/mol. The van der Waals surface area contributed by atoms with Gasteiger partial charge in [-0.15, -0.1) is 0 Å². The standard InChI is InChI=1S/C26H25F5N6O2/c1-15(2)36(14-26(29,30)31)24(32)38-12-21-33-11-20-23(35-21)37(13-25(20)5-6-25)18-3-4-22(34-10-18)39-19-8-16(27)7-17(28)9-19/h3-4,7-11,15,32H,5-6,12-14H2,1-2H3. The molecule has 1 spiro atoms. The summed E-state index contributed by atoms with van der Waals surface area (Å²) in [7, 11) is 0. The number of amidine groups is 1. The molecule has 1 aliphatic carbocycles. The van der Waals surface area contributed by atoms with Crippen molar-refractivity contribution in [2.75, 3.05) is 18.0 Å². The maximum absolute atomic E-state index is 13.5. The molecule has 0 unspecified atom stereocenters. The van der Waals surface area contributed by atoms with Gasteiger partial charge in [0.05, 0.1) is 11.9 Å². The second-order valence-electron chi connectivity index (χ2n) is 9.88. The Kier molecular flexibility index (Phi) is 6.77. The van der Waals surface area contributed by atoms with Crippen LogP contribution in [0.5, 0.6) is 11.6 Å². The molecule has 1 aliphatic heterocycles. The van der Waals surface area contributed by atoms with E-state index in [0.29, 0.717) is 18.1 Å². The highest BCUT2D eigenvalue weighted by Crippen LogP contribution is 2.57. The molecule has 5 rings (SSSR count).